The quantitative estimate of drug-likeness (QED) is 0.828. The smallest absolute Gasteiger partial charge is 0.256 e. The second kappa shape index (κ2) is 8.70. The van der Waals surface area contributed by atoms with Gasteiger partial charge in [0.25, 0.3) is 5.91 Å². The van der Waals surface area contributed by atoms with Crippen molar-refractivity contribution in [1.82, 2.24) is 9.29 Å². The van der Waals surface area contributed by atoms with Gasteiger partial charge in [-0.1, -0.05) is 18.9 Å². The average molecular weight is 404 g/mol. The van der Waals surface area contributed by atoms with Crippen molar-refractivity contribution in [2.24, 2.45) is 0 Å². The Kier molecular flexibility index (Phi) is 6.31. The fourth-order valence-corrected chi connectivity index (χ4v) is 4.94. The number of anilines is 1. The van der Waals surface area contributed by atoms with Crippen LogP contribution in [0.1, 0.15) is 41.7 Å². The van der Waals surface area contributed by atoms with Crippen LogP contribution in [0.5, 0.6) is 5.75 Å². The predicted molar refractivity (Wildman–Crippen MR) is 107 cm³/mol. The number of ether oxygens (including phenoxy) is 1. The fraction of sp³-hybridized carbons (Fsp3) is 0.400. The largest absolute Gasteiger partial charge is 0.495 e. The highest BCUT2D eigenvalue weighted by Gasteiger charge is 2.29. The van der Waals surface area contributed by atoms with Crippen LogP contribution in [0.3, 0.4) is 0 Å². The zero-order valence-electron chi connectivity index (χ0n) is 16.1. The maximum Gasteiger partial charge on any atom is 0.256 e. The summed E-state index contributed by atoms with van der Waals surface area (Å²) in [4.78, 5) is 16.9. The Bertz CT molecular complexity index is 952. The van der Waals surface area contributed by atoms with Crippen LogP contribution in [-0.2, 0) is 10.0 Å². The van der Waals surface area contributed by atoms with Gasteiger partial charge in [-0.3, -0.25) is 4.79 Å². The fourth-order valence-electron chi connectivity index (χ4n) is 3.24. The van der Waals surface area contributed by atoms with Crippen LogP contribution in [0.4, 0.5) is 5.82 Å². The van der Waals surface area contributed by atoms with E-state index in [9.17, 15) is 13.2 Å². The molecule has 0 radical (unpaired) electrons. The minimum absolute atomic E-state index is 0.0155. The summed E-state index contributed by atoms with van der Waals surface area (Å²) in [7, 11) is -2.33. The first-order valence-electron chi connectivity index (χ1n) is 9.35. The molecule has 28 heavy (non-hydrogen) atoms. The zero-order valence-corrected chi connectivity index (χ0v) is 17.0. The third-order valence-corrected chi connectivity index (χ3v) is 6.66. The van der Waals surface area contributed by atoms with E-state index < -0.39 is 15.9 Å². The molecule has 1 aromatic heterocycles. The van der Waals surface area contributed by atoms with Gasteiger partial charge in [0.1, 0.15) is 16.5 Å². The molecule has 1 fully saturated rings. The van der Waals surface area contributed by atoms with Crippen molar-refractivity contribution in [3.8, 4) is 5.75 Å². The van der Waals surface area contributed by atoms with Gasteiger partial charge >= 0.3 is 0 Å². The molecule has 0 unspecified atom stereocenters. The molecule has 3 rings (SSSR count). The van der Waals surface area contributed by atoms with Crippen molar-refractivity contribution < 1.29 is 17.9 Å². The molecular formula is C20H25N3O4S. The number of hydrogen-bond acceptors (Lipinski definition) is 5. The van der Waals surface area contributed by atoms with Gasteiger partial charge in [-0.05, 0) is 50.1 Å². The van der Waals surface area contributed by atoms with E-state index in [-0.39, 0.29) is 16.2 Å². The highest BCUT2D eigenvalue weighted by Crippen LogP contribution is 2.29. The summed E-state index contributed by atoms with van der Waals surface area (Å²) in [5, 5.41) is 2.71. The highest BCUT2D eigenvalue weighted by atomic mass is 32.2. The average Bonchev–Trinajstić information content (AvgIpc) is 2.97. The maximum atomic E-state index is 13.2. The standard InChI is InChI=1S/C20H25N3O4S/c1-15-8-7-9-19(21-15)22-20(24)16-10-11-17(27-2)18(14-16)28(25,26)23-12-5-3-4-6-13-23/h7-11,14H,3-6,12-13H2,1-2H3,(H,21,22,24). The van der Waals surface area contributed by atoms with Gasteiger partial charge in [0, 0.05) is 24.3 Å². The minimum atomic E-state index is -3.75. The van der Waals surface area contributed by atoms with Gasteiger partial charge in [0.15, 0.2) is 0 Å². The van der Waals surface area contributed by atoms with Crippen molar-refractivity contribution in [3.05, 3.63) is 47.7 Å². The van der Waals surface area contributed by atoms with E-state index in [1.165, 1.54) is 23.5 Å². The third-order valence-electron chi connectivity index (χ3n) is 4.74. The third kappa shape index (κ3) is 4.51. The van der Waals surface area contributed by atoms with Gasteiger partial charge in [-0.15, -0.1) is 0 Å². The Labute approximate surface area is 165 Å². The number of aromatic nitrogens is 1. The lowest BCUT2D eigenvalue weighted by atomic mass is 10.2. The van der Waals surface area contributed by atoms with Crippen molar-refractivity contribution in [3.63, 3.8) is 0 Å². The first-order valence-corrected chi connectivity index (χ1v) is 10.8. The number of carbonyl (C=O) groups excluding carboxylic acids is 1. The highest BCUT2D eigenvalue weighted by molar-refractivity contribution is 7.89. The first kappa shape index (κ1) is 20.3. The van der Waals surface area contributed by atoms with E-state index in [4.69, 9.17) is 4.74 Å². The van der Waals surface area contributed by atoms with Crippen molar-refractivity contribution in [2.75, 3.05) is 25.5 Å². The number of amides is 1. The van der Waals surface area contributed by atoms with Crippen LogP contribution >= 0.6 is 0 Å². The molecule has 7 nitrogen and oxygen atoms in total. The summed E-state index contributed by atoms with van der Waals surface area (Å²) in [6.45, 7) is 2.79. The molecule has 0 spiro atoms. The van der Waals surface area contributed by atoms with Crippen LogP contribution < -0.4 is 10.1 Å². The summed E-state index contributed by atoms with van der Waals surface area (Å²) in [6.07, 6.45) is 3.71. The number of rotatable bonds is 5. The van der Waals surface area contributed by atoms with Gasteiger partial charge in [-0.2, -0.15) is 4.31 Å². The molecular weight excluding hydrogens is 378 g/mol. The Morgan fingerprint density at radius 1 is 1.11 bits per heavy atom. The van der Waals surface area contributed by atoms with Gasteiger partial charge in [0.05, 0.1) is 7.11 Å². The Balaban J connectivity index is 1.92. The minimum Gasteiger partial charge on any atom is -0.495 e. The number of hydrogen-bond donors (Lipinski definition) is 1. The second-order valence-electron chi connectivity index (χ2n) is 6.80. The van der Waals surface area contributed by atoms with Gasteiger partial charge in [0.2, 0.25) is 10.0 Å². The van der Waals surface area contributed by atoms with Crippen LogP contribution in [0, 0.1) is 6.92 Å². The van der Waals surface area contributed by atoms with Gasteiger partial charge < -0.3 is 10.1 Å². The van der Waals surface area contributed by atoms with Crippen LogP contribution in [0.15, 0.2) is 41.3 Å². The van der Waals surface area contributed by atoms with Crippen molar-refractivity contribution in [1.29, 1.82) is 0 Å². The molecule has 1 amide bonds. The van der Waals surface area contributed by atoms with E-state index in [1.54, 1.807) is 18.2 Å². The lowest BCUT2D eigenvalue weighted by molar-refractivity contribution is 0.102. The van der Waals surface area contributed by atoms with Crippen LogP contribution in [-0.4, -0.2) is 43.8 Å². The van der Waals surface area contributed by atoms with E-state index in [0.717, 1.165) is 31.4 Å². The SMILES string of the molecule is COc1ccc(C(=O)Nc2cccc(C)n2)cc1S(=O)(=O)N1CCCCCC1. The molecule has 2 aromatic rings. The molecule has 0 saturated carbocycles. The van der Waals surface area contributed by atoms with E-state index in [0.29, 0.717) is 18.9 Å². The molecule has 150 valence electrons. The number of sulfonamides is 1. The Morgan fingerprint density at radius 2 is 1.82 bits per heavy atom. The maximum absolute atomic E-state index is 13.2. The van der Waals surface area contributed by atoms with E-state index in [1.807, 2.05) is 13.0 Å². The summed E-state index contributed by atoms with van der Waals surface area (Å²) in [5.41, 5.74) is 1.01. The number of aryl methyl sites for hydroxylation is 1. The van der Waals surface area contributed by atoms with Crippen molar-refractivity contribution >= 4 is 21.7 Å². The number of benzene rings is 1. The summed E-state index contributed by atoms with van der Waals surface area (Å²) >= 11 is 0. The monoisotopic (exact) mass is 403 g/mol. The number of methoxy groups -OCH3 is 1. The summed E-state index contributed by atoms with van der Waals surface area (Å²) in [6, 6.07) is 9.75. The molecule has 1 saturated heterocycles. The predicted octanol–water partition coefficient (Wildman–Crippen LogP) is 3.22. The molecule has 1 N–H and O–H groups in total. The molecule has 0 atom stereocenters. The topological polar surface area (TPSA) is 88.6 Å². The molecule has 8 heteroatoms. The number of carbonyl (C=O) groups is 1. The summed E-state index contributed by atoms with van der Waals surface area (Å²) < 4.78 is 33.2. The number of pyridine rings is 1. The van der Waals surface area contributed by atoms with Crippen molar-refractivity contribution in [2.45, 2.75) is 37.5 Å². The summed E-state index contributed by atoms with van der Waals surface area (Å²) in [5.74, 6) is 0.222. The van der Waals surface area contributed by atoms with E-state index in [2.05, 4.69) is 10.3 Å². The molecule has 1 aliphatic rings. The Morgan fingerprint density at radius 3 is 2.46 bits per heavy atom. The normalized spacial score (nSPS) is 15.6. The molecule has 2 heterocycles. The van der Waals surface area contributed by atoms with Crippen LogP contribution in [0.2, 0.25) is 0 Å². The van der Waals surface area contributed by atoms with Crippen LogP contribution in [0.25, 0.3) is 0 Å². The lowest BCUT2D eigenvalue weighted by Gasteiger charge is -2.21. The zero-order chi connectivity index (χ0) is 20.1. The molecule has 1 aromatic carbocycles. The first-order chi connectivity index (χ1) is 13.4. The van der Waals surface area contributed by atoms with E-state index >= 15 is 0 Å². The molecule has 0 aliphatic carbocycles. The second-order valence-corrected chi connectivity index (χ2v) is 8.71. The molecule has 0 bridgehead atoms. The number of nitrogens with one attached hydrogen (secondary N) is 1. The lowest BCUT2D eigenvalue weighted by Crippen LogP contribution is -2.32. The molecule has 1 aliphatic heterocycles. The Hall–Kier alpha value is -2.45. The van der Waals surface area contributed by atoms with Gasteiger partial charge in [-0.25, -0.2) is 13.4 Å². The number of nitrogens with zero attached hydrogens (tertiary/aromatic N) is 2.